The molecule has 1 N–H and O–H groups in total. The van der Waals surface area contributed by atoms with E-state index in [0.29, 0.717) is 35.6 Å². The van der Waals surface area contributed by atoms with Crippen molar-refractivity contribution in [1.82, 2.24) is 14.9 Å². The predicted molar refractivity (Wildman–Crippen MR) is 109 cm³/mol. The van der Waals surface area contributed by atoms with Crippen molar-refractivity contribution >= 4 is 16.8 Å². The van der Waals surface area contributed by atoms with Gasteiger partial charge in [0.2, 0.25) is 5.91 Å². The van der Waals surface area contributed by atoms with Crippen molar-refractivity contribution in [3.63, 3.8) is 0 Å². The molecule has 29 heavy (non-hydrogen) atoms. The maximum atomic E-state index is 12.7. The Morgan fingerprint density at radius 1 is 1.14 bits per heavy atom. The van der Waals surface area contributed by atoms with E-state index < -0.39 is 0 Å². The van der Waals surface area contributed by atoms with E-state index in [1.165, 1.54) is 10.9 Å². The first-order valence-corrected chi connectivity index (χ1v) is 9.66. The fraction of sp³-hybridized carbons (Fsp3) is 0.318. The Balaban J connectivity index is 1.54. The minimum absolute atomic E-state index is 0.0928. The van der Waals surface area contributed by atoms with Crippen molar-refractivity contribution in [2.24, 2.45) is 5.92 Å². The third-order valence-corrected chi connectivity index (χ3v) is 4.95. The number of ether oxygens (including phenoxy) is 2. The number of para-hydroxylation sites is 1. The summed E-state index contributed by atoms with van der Waals surface area (Å²) in [7, 11) is 0. The van der Waals surface area contributed by atoms with Crippen LogP contribution in [0.1, 0.15) is 25.5 Å². The quantitative estimate of drug-likeness (QED) is 0.721. The van der Waals surface area contributed by atoms with Gasteiger partial charge in [0.15, 0.2) is 11.5 Å². The molecule has 0 aliphatic carbocycles. The van der Waals surface area contributed by atoms with E-state index in [9.17, 15) is 9.59 Å². The van der Waals surface area contributed by atoms with Crippen LogP contribution in [0.25, 0.3) is 10.9 Å². The highest BCUT2D eigenvalue weighted by molar-refractivity contribution is 5.79. The molecule has 1 aliphatic rings. The van der Waals surface area contributed by atoms with E-state index in [-0.39, 0.29) is 30.0 Å². The Morgan fingerprint density at radius 3 is 2.69 bits per heavy atom. The lowest BCUT2D eigenvalue weighted by Gasteiger charge is -2.25. The standard InChI is InChI=1S/C22H23N3O4/c1-14(2)21(15-7-8-18-19(11-15)29-10-9-28-18)24-20(26)12-25-13-23-17-6-4-3-5-16(17)22(25)27/h3-8,11,13-14,21H,9-10,12H2,1-2H3,(H,24,26)/t21-/m0/s1. The summed E-state index contributed by atoms with van der Waals surface area (Å²) in [5.41, 5.74) is 1.32. The number of carbonyl (C=O) groups excluding carboxylic acids is 1. The van der Waals surface area contributed by atoms with E-state index in [0.717, 1.165) is 5.56 Å². The first-order chi connectivity index (χ1) is 14.0. The highest BCUT2D eigenvalue weighted by atomic mass is 16.6. The Labute approximate surface area is 168 Å². The summed E-state index contributed by atoms with van der Waals surface area (Å²) in [6.45, 7) is 5.01. The number of rotatable bonds is 5. The molecule has 0 radical (unpaired) electrons. The fourth-order valence-corrected chi connectivity index (χ4v) is 3.48. The van der Waals surface area contributed by atoms with Gasteiger partial charge in [0, 0.05) is 0 Å². The molecule has 0 spiro atoms. The van der Waals surface area contributed by atoms with E-state index in [4.69, 9.17) is 9.47 Å². The highest BCUT2D eigenvalue weighted by Crippen LogP contribution is 2.34. The molecule has 1 aliphatic heterocycles. The molecule has 0 saturated carbocycles. The number of hydrogen-bond acceptors (Lipinski definition) is 5. The molecule has 3 aromatic rings. The fourth-order valence-electron chi connectivity index (χ4n) is 3.48. The molecule has 1 aromatic heterocycles. The second-order valence-corrected chi connectivity index (χ2v) is 7.39. The molecule has 0 bridgehead atoms. The van der Waals surface area contributed by atoms with E-state index in [2.05, 4.69) is 10.3 Å². The Morgan fingerprint density at radius 2 is 1.90 bits per heavy atom. The van der Waals surface area contributed by atoms with Gasteiger partial charge in [-0.25, -0.2) is 4.98 Å². The van der Waals surface area contributed by atoms with Gasteiger partial charge in [-0.05, 0) is 35.7 Å². The van der Waals surface area contributed by atoms with Crippen molar-refractivity contribution in [3.05, 3.63) is 64.7 Å². The molecule has 7 nitrogen and oxygen atoms in total. The molecule has 1 amide bonds. The van der Waals surface area contributed by atoms with Gasteiger partial charge >= 0.3 is 0 Å². The predicted octanol–water partition coefficient (Wildman–Crippen LogP) is 2.68. The van der Waals surface area contributed by atoms with Crippen LogP contribution in [0.15, 0.2) is 53.6 Å². The zero-order chi connectivity index (χ0) is 20.4. The molecule has 0 fully saturated rings. The molecule has 0 unspecified atom stereocenters. The number of hydrogen-bond donors (Lipinski definition) is 1. The summed E-state index contributed by atoms with van der Waals surface area (Å²) in [5.74, 6) is 1.29. The van der Waals surface area contributed by atoms with Gasteiger partial charge in [0.05, 0.1) is 23.3 Å². The molecule has 2 heterocycles. The molecule has 150 valence electrons. The van der Waals surface area contributed by atoms with Crippen molar-refractivity contribution in [2.75, 3.05) is 13.2 Å². The first-order valence-electron chi connectivity index (χ1n) is 9.66. The lowest BCUT2D eigenvalue weighted by Crippen LogP contribution is -2.36. The van der Waals surface area contributed by atoms with Gasteiger partial charge in [-0.3, -0.25) is 14.2 Å². The van der Waals surface area contributed by atoms with Crippen molar-refractivity contribution in [2.45, 2.75) is 26.4 Å². The van der Waals surface area contributed by atoms with Gasteiger partial charge < -0.3 is 14.8 Å². The van der Waals surface area contributed by atoms with Crippen molar-refractivity contribution < 1.29 is 14.3 Å². The molecule has 4 rings (SSSR count). The van der Waals surface area contributed by atoms with Gasteiger partial charge in [0.1, 0.15) is 19.8 Å². The maximum absolute atomic E-state index is 12.7. The van der Waals surface area contributed by atoms with Crippen LogP contribution < -0.4 is 20.3 Å². The Bertz CT molecular complexity index is 1110. The monoisotopic (exact) mass is 393 g/mol. The summed E-state index contributed by atoms with van der Waals surface area (Å²) in [6.07, 6.45) is 1.42. The van der Waals surface area contributed by atoms with Crippen LogP contribution in [-0.4, -0.2) is 28.7 Å². The number of carbonyl (C=O) groups is 1. The molecule has 1 atom stereocenters. The molecule has 2 aromatic carbocycles. The molecular formula is C22H23N3O4. The third-order valence-electron chi connectivity index (χ3n) is 4.95. The number of nitrogens with zero attached hydrogens (tertiary/aromatic N) is 2. The van der Waals surface area contributed by atoms with E-state index in [1.54, 1.807) is 18.2 Å². The van der Waals surface area contributed by atoms with Gasteiger partial charge in [-0.15, -0.1) is 0 Å². The SMILES string of the molecule is CC(C)[C@H](NC(=O)Cn1cnc2ccccc2c1=O)c1ccc2c(c1)OCCO2. The topological polar surface area (TPSA) is 82.5 Å². The molecular weight excluding hydrogens is 370 g/mol. The first kappa shape index (κ1) is 19.0. The van der Waals surface area contributed by atoms with Crippen LogP contribution in [0.2, 0.25) is 0 Å². The Hall–Kier alpha value is -3.35. The smallest absolute Gasteiger partial charge is 0.261 e. The third kappa shape index (κ3) is 3.94. The number of aromatic nitrogens is 2. The largest absolute Gasteiger partial charge is 0.486 e. The van der Waals surface area contributed by atoms with Crippen LogP contribution in [0.3, 0.4) is 0 Å². The second kappa shape index (κ2) is 7.95. The summed E-state index contributed by atoms with van der Waals surface area (Å²) in [6, 6.07) is 12.6. The Kier molecular flexibility index (Phi) is 5.20. The number of fused-ring (bicyclic) bond motifs is 2. The van der Waals surface area contributed by atoms with Gasteiger partial charge in [-0.1, -0.05) is 32.0 Å². The summed E-state index contributed by atoms with van der Waals surface area (Å²) in [4.78, 5) is 29.6. The number of benzene rings is 2. The van der Waals surface area contributed by atoms with E-state index in [1.807, 2.05) is 38.1 Å². The number of amides is 1. The number of nitrogens with one attached hydrogen (secondary N) is 1. The minimum atomic E-state index is -0.252. The van der Waals surface area contributed by atoms with Crippen LogP contribution in [0.4, 0.5) is 0 Å². The minimum Gasteiger partial charge on any atom is -0.486 e. The van der Waals surface area contributed by atoms with Crippen LogP contribution >= 0.6 is 0 Å². The normalized spacial score (nSPS) is 14.0. The van der Waals surface area contributed by atoms with Gasteiger partial charge in [-0.2, -0.15) is 0 Å². The summed E-state index contributed by atoms with van der Waals surface area (Å²) in [5, 5.41) is 3.54. The van der Waals surface area contributed by atoms with Crippen molar-refractivity contribution in [1.29, 1.82) is 0 Å². The lowest BCUT2D eigenvalue weighted by atomic mass is 9.95. The zero-order valence-corrected chi connectivity index (χ0v) is 16.4. The average Bonchev–Trinajstić information content (AvgIpc) is 2.73. The highest BCUT2D eigenvalue weighted by Gasteiger charge is 2.22. The zero-order valence-electron chi connectivity index (χ0n) is 16.4. The average molecular weight is 393 g/mol. The lowest BCUT2D eigenvalue weighted by molar-refractivity contribution is -0.122. The van der Waals surface area contributed by atoms with Crippen LogP contribution in [0, 0.1) is 5.92 Å². The summed E-state index contributed by atoms with van der Waals surface area (Å²) < 4.78 is 12.6. The molecule has 7 heteroatoms. The maximum Gasteiger partial charge on any atom is 0.261 e. The van der Waals surface area contributed by atoms with Gasteiger partial charge in [0.25, 0.3) is 5.56 Å². The molecule has 0 saturated heterocycles. The van der Waals surface area contributed by atoms with Crippen LogP contribution in [-0.2, 0) is 11.3 Å². The van der Waals surface area contributed by atoms with Crippen molar-refractivity contribution in [3.8, 4) is 11.5 Å². The van der Waals surface area contributed by atoms with E-state index >= 15 is 0 Å². The summed E-state index contributed by atoms with van der Waals surface area (Å²) >= 11 is 0. The van der Waals surface area contributed by atoms with Crippen LogP contribution in [0.5, 0.6) is 11.5 Å². The second-order valence-electron chi connectivity index (χ2n) is 7.39.